The van der Waals surface area contributed by atoms with E-state index in [4.69, 9.17) is 0 Å². The smallest absolute Gasteiger partial charge is 0.0725 e. The number of thiophene rings is 1. The lowest BCUT2D eigenvalue weighted by atomic mass is 9.61. The van der Waals surface area contributed by atoms with E-state index in [1.165, 1.54) is 87.6 Å². The first-order valence-electron chi connectivity index (χ1n) is 16.8. The highest BCUT2D eigenvalue weighted by molar-refractivity contribution is 9.10. The van der Waals surface area contributed by atoms with Gasteiger partial charge in [0.05, 0.1) is 10.8 Å². The Kier molecular flexibility index (Phi) is 7.12. The molecule has 0 aliphatic heterocycles. The zero-order valence-corrected chi connectivity index (χ0v) is 31.9. The first-order chi connectivity index (χ1) is 23.7. The fourth-order valence-corrected chi connectivity index (χ4v) is 10.8. The highest BCUT2D eigenvalue weighted by Crippen LogP contribution is 2.69. The van der Waals surface area contributed by atoms with Crippen molar-refractivity contribution < 1.29 is 0 Å². The van der Waals surface area contributed by atoms with E-state index in [1.54, 1.807) is 0 Å². The van der Waals surface area contributed by atoms with Gasteiger partial charge in [0.1, 0.15) is 0 Å². The molecule has 0 atom stereocenters. The molecule has 0 nitrogen and oxygen atoms in total. The average Bonchev–Trinajstić information content (AvgIpc) is 3.70. The van der Waals surface area contributed by atoms with Crippen LogP contribution in [0.1, 0.15) is 66.8 Å². The summed E-state index contributed by atoms with van der Waals surface area (Å²) in [7, 11) is 0. The number of hydrogen-bond donors (Lipinski definition) is 0. The van der Waals surface area contributed by atoms with Crippen molar-refractivity contribution in [3.8, 4) is 20.9 Å². The Balaban J connectivity index is 1.53. The van der Waals surface area contributed by atoms with E-state index in [0.29, 0.717) is 0 Å². The average molecular weight is 779 g/mol. The first kappa shape index (κ1) is 31.0. The molecule has 0 saturated carbocycles. The molecule has 0 radical (unpaired) electrons. The second kappa shape index (κ2) is 11.3. The van der Waals surface area contributed by atoms with Crippen LogP contribution in [0.2, 0.25) is 0 Å². The molecule has 1 heterocycles. The third-order valence-corrected chi connectivity index (χ3v) is 13.1. The normalized spacial score (nSPS) is 14.7. The van der Waals surface area contributed by atoms with E-state index in [0.717, 1.165) is 8.95 Å². The summed E-state index contributed by atoms with van der Waals surface area (Å²) < 4.78 is 2.19. The van der Waals surface area contributed by atoms with Gasteiger partial charge < -0.3 is 0 Å². The summed E-state index contributed by atoms with van der Waals surface area (Å²) in [5.41, 5.74) is 17.2. The molecule has 238 valence electrons. The van der Waals surface area contributed by atoms with E-state index in [2.05, 4.69) is 193 Å². The summed E-state index contributed by atoms with van der Waals surface area (Å²) in [5.74, 6) is 0. The molecule has 1 aromatic heterocycles. The van der Waals surface area contributed by atoms with Crippen LogP contribution in [0.15, 0.2) is 142 Å². The molecule has 0 bridgehead atoms. The van der Waals surface area contributed by atoms with Gasteiger partial charge in [0.2, 0.25) is 0 Å². The molecule has 0 N–H and O–H groups in total. The molecule has 0 fully saturated rings. The third kappa shape index (κ3) is 4.32. The SMILES string of the molecule is Cc1ccc(C2(c3ccc(C)cc3)c3cc(Br)ccc3-c3sc4c(c32)C(c2ccc(C)cc2)(c2ccc(C)cc2)c2cc(Br)ccc2-4)cc1. The van der Waals surface area contributed by atoms with Crippen molar-refractivity contribution >= 4 is 43.2 Å². The van der Waals surface area contributed by atoms with E-state index < -0.39 is 10.8 Å². The Bertz CT molecular complexity index is 2150. The fraction of sp³-hybridized carbons (Fsp3) is 0.130. The van der Waals surface area contributed by atoms with Gasteiger partial charge in [-0.15, -0.1) is 11.3 Å². The first-order valence-corrected chi connectivity index (χ1v) is 19.2. The van der Waals surface area contributed by atoms with Crippen molar-refractivity contribution in [3.63, 3.8) is 0 Å². The van der Waals surface area contributed by atoms with Crippen LogP contribution in [0.4, 0.5) is 0 Å². The van der Waals surface area contributed by atoms with Gasteiger partial charge in [0.25, 0.3) is 0 Å². The Hall–Kier alpha value is -4.02. The van der Waals surface area contributed by atoms with E-state index in [9.17, 15) is 0 Å². The lowest BCUT2D eigenvalue weighted by molar-refractivity contribution is 0.706. The lowest BCUT2D eigenvalue weighted by Crippen LogP contribution is -2.35. The standard InChI is InChI=1S/C46H34Br2S/c1-27-5-13-31(14-6-27)45(32-15-7-28(2)8-16-32)39-25-35(47)21-23-37(39)43-41(45)42-44(49-43)38-24-22-36(48)26-40(38)46(42,33-17-9-29(3)10-18-33)34-19-11-30(4)12-20-34/h5-26H,1-4H3. The zero-order chi connectivity index (χ0) is 33.7. The van der Waals surface area contributed by atoms with Crippen molar-refractivity contribution in [2.75, 3.05) is 0 Å². The molecule has 0 unspecified atom stereocenters. The molecule has 9 rings (SSSR count). The van der Waals surface area contributed by atoms with E-state index in [-0.39, 0.29) is 0 Å². The second-order valence-electron chi connectivity index (χ2n) is 13.9. The van der Waals surface area contributed by atoms with Gasteiger partial charge in [-0.3, -0.25) is 0 Å². The van der Waals surface area contributed by atoms with Crippen LogP contribution in [0.5, 0.6) is 0 Å². The molecule has 49 heavy (non-hydrogen) atoms. The Morgan fingerprint density at radius 1 is 0.388 bits per heavy atom. The topological polar surface area (TPSA) is 0 Å². The van der Waals surface area contributed by atoms with Gasteiger partial charge in [-0.05, 0) is 108 Å². The fourth-order valence-electron chi connectivity index (χ4n) is 8.59. The second-order valence-corrected chi connectivity index (χ2v) is 16.7. The van der Waals surface area contributed by atoms with Crippen LogP contribution in [-0.4, -0.2) is 0 Å². The monoisotopic (exact) mass is 776 g/mol. The minimum absolute atomic E-state index is 0.542. The Morgan fingerprint density at radius 3 is 0.959 bits per heavy atom. The maximum atomic E-state index is 3.92. The van der Waals surface area contributed by atoms with E-state index >= 15 is 0 Å². The summed E-state index contributed by atoms with van der Waals surface area (Å²) in [6, 6.07) is 51.1. The summed E-state index contributed by atoms with van der Waals surface area (Å²) >= 11 is 9.81. The van der Waals surface area contributed by atoms with Gasteiger partial charge in [0.15, 0.2) is 0 Å². The van der Waals surface area contributed by atoms with Crippen molar-refractivity contribution in [1.29, 1.82) is 0 Å². The van der Waals surface area contributed by atoms with Gasteiger partial charge in [-0.1, -0.05) is 163 Å². The van der Waals surface area contributed by atoms with Gasteiger partial charge in [-0.25, -0.2) is 0 Å². The molecular weight excluding hydrogens is 744 g/mol. The molecule has 3 heteroatoms. The quantitative estimate of drug-likeness (QED) is 0.167. The molecule has 2 aliphatic carbocycles. The molecule has 7 aromatic rings. The number of fused-ring (bicyclic) bond motifs is 7. The van der Waals surface area contributed by atoms with Gasteiger partial charge in [0, 0.05) is 18.7 Å². The summed E-state index contributed by atoms with van der Waals surface area (Å²) in [6.07, 6.45) is 0. The summed E-state index contributed by atoms with van der Waals surface area (Å²) in [4.78, 5) is 2.73. The van der Waals surface area contributed by atoms with Crippen LogP contribution in [0.25, 0.3) is 20.9 Å². The van der Waals surface area contributed by atoms with Crippen molar-refractivity contribution in [2.45, 2.75) is 38.5 Å². The number of benzene rings is 6. The molecule has 0 amide bonds. The third-order valence-electron chi connectivity index (χ3n) is 10.9. The molecule has 6 aromatic carbocycles. The Morgan fingerprint density at radius 2 is 0.673 bits per heavy atom. The number of aryl methyl sites for hydroxylation is 4. The highest BCUT2D eigenvalue weighted by Gasteiger charge is 2.57. The van der Waals surface area contributed by atoms with Crippen LogP contribution in [0, 0.1) is 27.7 Å². The predicted octanol–water partition coefficient (Wildman–Crippen LogP) is 13.2. The van der Waals surface area contributed by atoms with Gasteiger partial charge in [-0.2, -0.15) is 0 Å². The van der Waals surface area contributed by atoms with Crippen molar-refractivity contribution in [1.82, 2.24) is 0 Å². The number of rotatable bonds is 4. The van der Waals surface area contributed by atoms with Crippen molar-refractivity contribution in [2.24, 2.45) is 0 Å². The van der Waals surface area contributed by atoms with E-state index in [1.807, 2.05) is 11.3 Å². The minimum Gasteiger partial charge on any atom is -0.134 e. The van der Waals surface area contributed by atoms with Crippen LogP contribution in [-0.2, 0) is 10.8 Å². The molecule has 2 aliphatic rings. The van der Waals surface area contributed by atoms with Crippen molar-refractivity contribution in [3.05, 3.63) is 209 Å². The zero-order valence-electron chi connectivity index (χ0n) is 27.9. The largest absolute Gasteiger partial charge is 0.134 e. The predicted molar refractivity (Wildman–Crippen MR) is 213 cm³/mol. The summed E-state index contributed by atoms with van der Waals surface area (Å²) in [6.45, 7) is 8.74. The summed E-state index contributed by atoms with van der Waals surface area (Å²) in [5, 5.41) is 0. The maximum absolute atomic E-state index is 3.92. The van der Waals surface area contributed by atoms with Crippen LogP contribution >= 0.6 is 43.2 Å². The number of halogens is 2. The molecular formula is C46H34Br2S. The lowest BCUT2D eigenvalue weighted by Gasteiger charge is -2.40. The molecule has 0 spiro atoms. The minimum atomic E-state index is -0.542. The van der Waals surface area contributed by atoms with Crippen LogP contribution in [0.3, 0.4) is 0 Å². The molecule has 0 saturated heterocycles. The maximum Gasteiger partial charge on any atom is 0.0725 e. The number of hydrogen-bond acceptors (Lipinski definition) is 1. The highest BCUT2D eigenvalue weighted by atomic mass is 79.9. The van der Waals surface area contributed by atoms with Crippen LogP contribution < -0.4 is 0 Å². The van der Waals surface area contributed by atoms with Gasteiger partial charge >= 0.3 is 0 Å². The Labute approximate surface area is 309 Å².